The Bertz CT molecular complexity index is 850. The van der Waals surface area contributed by atoms with E-state index in [1.54, 1.807) is 42.6 Å². The van der Waals surface area contributed by atoms with Gasteiger partial charge >= 0.3 is 6.18 Å². The Morgan fingerprint density at radius 3 is 2.20 bits per heavy atom. The number of piperazine rings is 1. The van der Waals surface area contributed by atoms with Crippen molar-refractivity contribution in [2.24, 2.45) is 4.99 Å². The summed E-state index contributed by atoms with van der Waals surface area (Å²) in [5.74, 6) is -0.255. The molecule has 1 aromatic rings. The van der Waals surface area contributed by atoms with Crippen molar-refractivity contribution < 1.29 is 17.7 Å². The molecule has 0 spiro atoms. The maximum absolute atomic E-state index is 13.5. The van der Waals surface area contributed by atoms with Crippen LogP contribution in [0.3, 0.4) is 0 Å². The molecule has 0 aliphatic carbocycles. The number of hydrogen-bond donors (Lipinski definition) is 2. The Labute approximate surface area is 175 Å². The molecule has 2 N–H and O–H groups in total. The Morgan fingerprint density at radius 1 is 1.17 bits per heavy atom. The number of aliphatic imine (C=N–C) groups is 1. The van der Waals surface area contributed by atoms with Crippen LogP contribution in [0, 0.1) is 0 Å². The van der Waals surface area contributed by atoms with E-state index in [1.807, 2.05) is 7.05 Å². The van der Waals surface area contributed by atoms with Gasteiger partial charge in [0.15, 0.2) is 5.84 Å². The van der Waals surface area contributed by atoms with E-state index in [2.05, 4.69) is 27.2 Å². The molecule has 1 aromatic carbocycles. The molecule has 166 valence electrons. The first-order chi connectivity index (χ1) is 13.9. The van der Waals surface area contributed by atoms with E-state index in [-0.39, 0.29) is 11.7 Å². The lowest BCUT2D eigenvalue weighted by Gasteiger charge is -2.33. The van der Waals surface area contributed by atoms with Crippen LogP contribution in [0.2, 0.25) is 0 Å². The van der Waals surface area contributed by atoms with E-state index in [9.17, 15) is 17.7 Å². The second-order valence-electron chi connectivity index (χ2n) is 7.53. The molecule has 0 saturated carbocycles. The van der Waals surface area contributed by atoms with E-state index in [4.69, 9.17) is 0 Å². The zero-order valence-electron chi connectivity index (χ0n) is 17.8. The maximum Gasteiger partial charge on any atom is 0.419 e. The van der Waals surface area contributed by atoms with E-state index in [0.717, 1.165) is 19.2 Å². The van der Waals surface area contributed by atoms with Gasteiger partial charge in [0.05, 0.1) is 5.57 Å². The van der Waals surface area contributed by atoms with Crippen LogP contribution in [0.1, 0.15) is 6.92 Å². The number of likely N-dealkylation sites (N-methyl/N-ethyl adjacent to an activating group) is 1. The van der Waals surface area contributed by atoms with Crippen molar-refractivity contribution in [3.8, 4) is 0 Å². The molecule has 1 heterocycles. The van der Waals surface area contributed by atoms with E-state index in [0.29, 0.717) is 24.1 Å². The molecule has 10 heteroatoms. The molecule has 0 bridgehead atoms. The zero-order valence-corrected chi connectivity index (χ0v) is 18.6. The van der Waals surface area contributed by atoms with E-state index < -0.39 is 18.9 Å². The van der Waals surface area contributed by atoms with Crippen LogP contribution in [-0.2, 0) is 4.57 Å². The van der Waals surface area contributed by atoms with Crippen LogP contribution < -0.4 is 16.0 Å². The van der Waals surface area contributed by atoms with Crippen molar-refractivity contribution in [1.82, 2.24) is 15.3 Å². The highest BCUT2D eigenvalue weighted by Crippen LogP contribution is 2.34. The second-order valence-corrected chi connectivity index (χ2v) is 10.8. The van der Waals surface area contributed by atoms with Gasteiger partial charge in [0, 0.05) is 37.2 Å². The van der Waals surface area contributed by atoms with Crippen molar-refractivity contribution in [2.45, 2.75) is 13.1 Å². The number of alkyl halides is 3. The molecular formula is C20H29F3N5OP. The Hall–Kier alpha value is -2.09. The first-order valence-corrected chi connectivity index (χ1v) is 12.1. The molecule has 1 saturated heterocycles. The highest BCUT2D eigenvalue weighted by atomic mass is 31.2. The summed E-state index contributed by atoms with van der Waals surface area (Å²) in [4.78, 5) is 6.20. The van der Waals surface area contributed by atoms with Crippen LogP contribution in [0.5, 0.6) is 0 Å². The predicted molar refractivity (Wildman–Crippen MR) is 118 cm³/mol. The summed E-state index contributed by atoms with van der Waals surface area (Å²) in [7, 11) is -0.420. The van der Waals surface area contributed by atoms with Crippen LogP contribution in [0.15, 0.2) is 53.3 Å². The highest BCUT2D eigenvalue weighted by Gasteiger charge is 2.37. The van der Waals surface area contributed by atoms with Gasteiger partial charge in [0.1, 0.15) is 13.0 Å². The molecule has 1 aliphatic heterocycles. The van der Waals surface area contributed by atoms with Gasteiger partial charge in [0.2, 0.25) is 0 Å². The fourth-order valence-corrected chi connectivity index (χ4v) is 3.75. The highest BCUT2D eigenvalue weighted by molar-refractivity contribution is 7.70. The van der Waals surface area contributed by atoms with E-state index >= 15 is 0 Å². The molecule has 0 aromatic heterocycles. The van der Waals surface area contributed by atoms with Gasteiger partial charge in [0.25, 0.3) is 0 Å². The topological polar surface area (TPSA) is 60.0 Å². The van der Waals surface area contributed by atoms with Crippen molar-refractivity contribution in [2.75, 3.05) is 51.9 Å². The second kappa shape index (κ2) is 9.81. The van der Waals surface area contributed by atoms with Crippen LogP contribution in [0.4, 0.5) is 18.9 Å². The molecule has 0 atom stereocenters. The molecule has 0 amide bonds. The van der Waals surface area contributed by atoms with Gasteiger partial charge in [-0.1, -0.05) is 12.7 Å². The summed E-state index contributed by atoms with van der Waals surface area (Å²) in [6.45, 7) is 11.0. The van der Waals surface area contributed by atoms with E-state index in [1.165, 1.54) is 6.92 Å². The van der Waals surface area contributed by atoms with Crippen LogP contribution in [0.25, 0.3) is 0 Å². The Kier molecular flexibility index (Phi) is 7.91. The molecule has 1 fully saturated rings. The molecule has 0 unspecified atom stereocenters. The summed E-state index contributed by atoms with van der Waals surface area (Å²) < 4.78 is 52.7. The van der Waals surface area contributed by atoms with Crippen molar-refractivity contribution in [3.05, 3.63) is 48.3 Å². The van der Waals surface area contributed by atoms with Gasteiger partial charge in [-0.15, -0.1) is 0 Å². The van der Waals surface area contributed by atoms with Gasteiger partial charge in [-0.3, -0.25) is 0 Å². The number of anilines is 1. The fraction of sp³-hybridized carbons (Fsp3) is 0.450. The third-order valence-corrected chi connectivity index (χ3v) is 6.18. The first kappa shape index (κ1) is 24.2. The summed E-state index contributed by atoms with van der Waals surface area (Å²) in [6, 6.07) is 6.83. The number of nitrogens with zero attached hydrogens (tertiary/aromatic N) is 3. The van der Waals surface area contributed by atoms with Gasteiger partial charge in [-0.2, -0.15) is 13.2 Å². The number of hydrazine groups is 1. The number of rotatable bonds is 6. The van der Waals surface area contributed by atoms with Gasteiger partial charge in [-0.25, -0.2) is 10.0 Å². The van der Waals surface area contributed by atoms with Crippen molar-refractivity contribution in [1.29, 1.82) is 0 Å². The number of nitrogens with one attached hydrogen (secondary N) is 2. The summed E-state index contributed by atoms with van der Waals surface area (Å²) in [5, 5.41) is 5.33. The smallest absolute Gasteiger partial charge is 0.341 e. The third-order valence-electron chi connectivity index (χ3n) is 4.64. The minimum Gasteiger partial charge on any atom is -0.341 e. The average Bonchev–Trinajstić information content (AvgIpc) is 2.62. The molecule has 1 aliphatic rings. The standard InChI is InChI=1S/C20H29F3N5OP/c1-6-18(20(21,22)23)19(26-28-13-11-27(3)12-14-28)25-15(2)24-16-7-9-17(10-8-16)30(4,5)29/h6-10,24H,2,11-14H2,1,3-5H3,(H,25,26)/b18-6+. The lowest BCUT2D eigenvalue weighted by atomic mass is 10.2. The average molecular weight is 443 g/mol. The maximum atomic E-state index is 13.5. The fourth-order valence-electron chi connectivity index (χ4n) is 2.88. The Morgan fingerprint density at radius 2 is 1.73 bits per heavy atom. The third kappa shape index (κ3) is 7.00. The first-order valence-electron chi connectivity index (χ1n) is 9.54. The molecule has 30 heavy (non-hydrogen) atoms. The van der Waals surface area contributed by atoms with Crippen molar-refractivity contribution >= 4 is 24.0 Å². The van der Waals surface area contributed by atoms with Gasteiger partial charge < -0.3 is 20.2 Å². The summed E-state index contributed by atoms with van der Waals surface area (Å²) >= 11 is 0. The lowest BCUT2D eigenvalue weighted by Crippen LogP contribution is -2.53. The minimum absolute atomic E-state index is 0.0548. The van der Waals surface area contributed by atoms with Gasteiger partial charge in [-0.05, 0) is 51.6 Å². The lowest BCUT2D eigenvalue weighted by molar-refractivity contribution is -0.0868. The number of halogens is 3. The SMILES string of the molecule is C=C(/N=C(NN1CCN(C)CC1)\C(=C/C)C(F)(F)F)Nc1ccc(P(C)(C)=O)cc1. The summed E-state index contributed by atoms with van der Waals surface area (Å²) in [5.41, 5.74) is 2.54. The molecule has 0 radical (unpaired) electrons. The van der Waals surface area contributed by atoms with Crippen molar-refractivity contribution in [3.63, 3.8) is 0 Å². The molecule has 6 nitrogen and oxygen atoms in total. The number of allylic oxidation sites excluding steroid dienone is 1. The predicted octanol–water partition coefficient (Wildman–Crippen LogP) is 3.48. The molecular weight excluding hydrogens is 414 g/mol. The Balaban J connectivity index is 2.21. The zero-order chi connectivity index (χ0) is 22.5. The number of amidine groups is 1. The quantitative estimate of drug-likeness (QED) is 0.401. The summed E-state index contributed by atoms with van der Waals surface area (Å²) in [6.07, 6.45) is -3.57. The van der Waals surface area contributed by atoms with Crippen LogP contribution in [-0.4, -0.2) is 68.5 Å². The number of benzene rings is 1. The monoisotopic (exact) mass is 443 g/mol. The normalized spacial score (nSPS) is 17.7. The van der Waals surface area contributed by atoms with Crippen LogP contribution >= 0.6 is 7.14 Å². The number of hydrogen-bond acceptors (Lipinski definition) is 5. The molecule has 2 rings (SSSR count). The minimum atomic E-state index is -4.56. The largest absolute Gasteiger partial charge is 0.419 e.